The molecule has 4 heterocycles. The van der Waals surface area contributed by atoms with Gasteiger partial charge < -0.3 is 25.4 Å². The number of aliphatic hydroxyl groups is 3. The maximum atomic E-state index is 12.6. The van der Waals surface area contributed by atoms with Gasteiger partial charge in [-0.2, -0.15) is 15.1 Å². The molecule has 1 saturated heterocycles. The predicted octanol–water partition coefficient (Wildman–Crippen LogP) is 0.0761. The monoisotopic (exact) mass is 458 g/mol. The predicted molar refractivity (Wildman–Crippen MR) is 115 cm³/mol. The lowest BCUT2D eigenvalue weighted by molar-refractivity contribution is -0.0511. The molecular weight excluding hydrogens is 432 g/mol. The van der Waals surface area contributed by atoms with Crippen molar-refractivity contribution in [2.75, 3.05) is 17.2 Å². The number of anilines is 2. The molecule has 3 aromatic rings. The van der Waals surface area contributed by atoms with Crippen molar-refractivity contribution in [1.29, 1.82) is 0 Å². The molecule has 2 fully saturated rings. The molecular formula is C20H26N8O5. The highest BCUT2D eigenvalue weighted by Crippen LogP contribution is 2.33. The summed E-state index contributed by atoms with van der Waals surface area (Å²) in [4.78, 5) is 26.0. The summed E-state index contributed by atoms with van der Waals surface area (Å²) in [5.41, 5.74) is 1.67. The van der Waals surface area contributed by atoms with E-state index in [4.69, 9.17) is 4.74 Å². The molecule has 5 rings (SSSR count). The summed E-state index contributed by atoms with van der Waals surface area (Å²) in [6.07, 6.45) is 1.13. The number of nitrogens with zero attached hydrogens (tertiary/aromatic N) is 5. The van der Waals surface area contributed by atoms with Crippen molar-refractivity contribution in [3.8, 4) is 0 Å². The van der Waals surface area contributed by atoms with Crippen molar-refractivity contribution >= 4 is 28.8 Å². The molecule has 4 atom stereocenters. The number of amides is 1. The lowest BCUT2D eigenvalue weighted by Gasteiger charge is -2.18. The number of aromatic nitrogens is 6. The number of nitrogens with one attached hydrogen (secondary N) is 3. The SMILES string of the molecule is Cc1cc(C(=O)Nc2nc(NC3CCCC3)c3ncn([C@@H]4O[C@H](CO)[C@@H](O)[C@H]4O)c3n2)n[nH]1. The number of fused-ring (bicyclic) bond motifs is 1. The highest BCUT2D eigenvalue weighted by Gasteiger charge is 2.44. The van der Waals surface area contributed by atoms with Crippen molar-refractivity contribution in [1.82, 2.24) is 29.7 Å². The summed E-state index contributed by atoms with van der Waals surface area (Å²) in [6, 6.07) is 1.83. The minimum atomic E-state index is -1.30. The zero-order valence-corrected chi connectivity index (χ0v) is 18.0. The number of hydrogen-bond donors (Lipinski definition) is 6. The van der Waals surface area contributed by atoms with E-state index in [0.717, 1.165) is 31.4 Å². The van der Waals surface area contributed by atoms with Gasteiger partial charge in [0.1, 0.15) is 18.3 Å². The highest BCUT2D eigenvalue weighted by molar-refractivity contribution is 6.02. The second-order valence-corrected chi connectivity index (χ2v) is 8.46. The minimum absolute atomic E-state index is 0.0298. The van der Waals surface area contributed by atoms with E-state index in [-0.39, 0.29) is 17.7 Å². The zero-order chi connectivity index (χ0) is 23.1. The fraction of sp³-hybridized carbons (Fsp3) is 0.550. The number of aryl methyl sites for hydroxylation is 1. The van der Waals surface area contributed by atoms with Crippen LogP contribution >= 0.6 is 0 Å². The van der Waals surface area contributed by atoms with E-state index in [1.807, 2.05) is 0 Å². The van der Waals surface area contributed by atoms with Gasteiger partial charge in [0.15, 0.2) is 28.9 Å². The van der Waals surface area contributed by atoms with Gasteiger partial charge in [0.05, 0.1) is 12.9 Å². The average molecular weight is 458 g/mol. The zero-order valence-electron chi connectivity index (χ0n) is 18.0. The van der Waals surface area contributed by atoms with Gasteiger partial charge in [-0.3, -0.25) is 19.8 Å². The van der Waals surface area contributed by atoms with E-state index < -0.39 is 37.1 Å². The van der Waals surface area contributed by atoms with Crippen LogP contribution in [0.3, 0.4) is 0 Å². The third-order valence-electron chi connectivity index (χ3n) is 6.07. The number of aromatic amines is 1. The van der Waals surface area contributed by atoms with Crippen molar-refractivity contribution < 1.29 is 24.9 Å². The number of rotatable bonds is 6. The Kier molecular flexibility index (Phi) is 5.70. The summed E-state index contributed by atoms with van der Waals surface area (Å²) in [7, 11) is 0. The molecule has 0 bridgehead atoms. The molecule has 2 aliphatic rings. The molecule has 1 aliphatic carbocycles. The maximum absolute atomic E-state index is 12.6. The summed E-state index contributed by atoms with van der Waals surface area (Å²) in [5, 5.41) is 42.8. The van der Waals surface area contributed by atoms with Crippen LogP contribution in [0, 0.1) is 6.92 Å². The molecule has 13 nitrogen and oxygen atoms in total. The normalized spacial score (nSPS) is 25.7. The number of hydrogen-bond acceptors (Lipinski definition) is 10. The largest absolute Gasteiger partial charge is 0.394 e. The van der Waals surface area contributed by atoms with E-state index in [2.05, 4.69) is 35.8 Å². The molecule has 6 N–H and O–H groups in total. The van der Waals surface area contributed by atoms with E-state index in [1.165, 1.54) is 10.9 Å². The Hall–Kier alpha value is -3.13. The van der Waals surface area contributed by atoms with Gasteiger partial charge in [-0.15, -0.1) is 0 Å². The third-order valence-corrected chi connectivity index (χ3v) is 6.07. The number of aliphatic hydroxyl groups excluding tert-OH is 3. The first-order valence-corrected chi connectivity index (χ1v) is 10.9. The van der Waals surface area contributed by atoms with Gasteiger partial charge in [-0.05, 0) is 25.8 Å². The fourth-order valence-electron chi connectivity index (χ4n) is 4.33. The van der Waals surface area contributed by atoms with Crippen LogP contribution in [0.2, 0.25) is 0 Å². The molecule has 176 valence electrons. The van der Waals surface area contributed by atoms with Gasteiger partial charge >= 0.3 is 0 Å². The van der Waals surface area contributed by atoms with E-state index >= 15 is 0 Å². The third kappa shape index (κ3) is 4.04. The Bertz CT molecular complexity index is 1160. The Labute approximate surface area is 188 Å². The number of carbonyl (C=O) groups excluding carboxylic acids is 1. The quantitative estimate of drug-likeness (QED) is 0.296. The number of carbonyl (C=O) groups is 1. The van der Waals surface area contributed by atoms with E-state index in [1.54, 1.807) is 13.0 Å². The Balaban J connectivity index is 1.53. The van der Waals surface area contributed by atoms with Crippen LogP contribution in [0.1, 0.15) is 48.1 Å². The molecule has 0 spiro atoms. The molecule has 1 aliphatic heterocycles. The molecule has 3 aromatic heterocycles. The second kappa shape index (κ2) is 8.67. The number of ether oxygens (including phenoxy) is 1. The van der Waals surface area contributed by atoms with Gasteiger partial charge in [0.2, 0.25) is 5.95 Å². The molecule has 13 heteroatoms. The van der Waals surface area contributed by atoms with Gasteiger partial charge in [0.25, 0.3) is 5.91 Å². The van der Waals surface area contributed by atoms with Crippen LogP contribution in [0.5, 0.6) is 0 Å². The fourth-order valence-corrected chi connectivity index (χ4v) is 4.33. The van der Waals surface area contributed by atoms with Crippen LogP contribution in [0.15, 0.2) is 12.4 Å². The molecule has 1 saturated carbocycles. The first kappa shape index (κ1) is 21.7. The van der Waals surface area contributed by atoms with Crippen molar-refractivity contribution in [2.45, 2.75) is 63.2 Å². The van der Waals surface area contributed by atoms with Crippen LogP contribution < -0.4 is 10.6 Å². The summed E-state index contributed by atoms with van der Waals surface area (Å²) >= 11 is 0. The van der Waals surface area contributed by atoms with E-state index in [0.29, 0.717) is 17.0 Å². The average Bonchev–Trinajstić information content (AvgIpc) is 3.58. The highest BCUT2D eigenvalue weighted by atomic mass is 16.6. The molecule has 1 amide bonds. The van der Waals surface area contributed by atoms with Crippen LogP contribution in [-0.2, 0) is 4.74 Å². The van der Waals surface area contributed by atoms with Gasteiger partial charge in [-0.1, -0.05) is 12.8 Å². The Morgan fingerprint density at radius 3 is 2.73 bits per heavy atom. The molecule has 33 heavy (non-hydrogen) atoms. The Morgan fingerprint density at radius 2 is 2.06 bits per heavy atom. The second-order valence-electron chi connectivity index (χ2n) is 8.46. The number of H-pyrrole nitrogens is 1. The van der Waals surface area contributed by atoms with Crippen LogP contribution in [-0.4, -0.2) is 81.9 Å². The minimum Gasteiger partial charge on any atom is -0.394 e. The lowest BCUT2D eigenvalue weighted by atomic mass is 10.1. The van der Waals surface area contributed by atoms with Crippen LogP contribution in [0.4, 0.5) is 11.8 Å². The molecule has 0 aromatic carbocycles. The van der Waals surface area contributed by atoms with Crippen molar-refractivity contribution in [2.24, 2.45) is 0 Å². The maximum Gasteiger partial charge on any atom is 0.278 e. The summed E-state index contributed by atoms with van der Waals surface area (Å²) in [5.74, 6) is -0.00227. The van der Waals surface area contributed by atoms with Gasteiger partial charge in [0, 0.05) is 11.7 Å². The first-order valence-electron chi connectivity index (χ1n) is 10.9. The first-order chi connectivity index (χ1) is 15.9. The number of imidazole rings is 1. The molecule has 0 unspecified atom stereocenters. The van der Waals surface area contributed by atoms with Crippen LogP contribution in [0.25, 0.3) is 11.2 Å². The van der Waals surface area contributed by atoms with Crippen molar-refractivity contribution in [3.05, 3.63) is 23.8 Å². The van der Waals surface area contributed by atoms with E-state index in [9.17, 15) is 20.1 Å². The lowest BCUT2D eigenvalue weighted by Crippen LogP contribution is -2.33. The topological polar surface area (TPSA) is 183 Å². The standard InChI is InChI=1S/C20H26N8O5/c1-9-6-11(27-26-9)18(32)25-20-23-16(22-10-4-2-3-5-10)13-17(24-20)28(8-21-13)19-15(31)14(30)12(7-29)33-19/h6,8,10,12,14-15,19,29-31H,2-5,7H2,1H3,(H,26,27)(H2,22,23,24,25,32)/t12-,14-,15-,19-/m1/s1. The molecule has 0 radical (unpaired) electrons. The van der Waals surface area contributed by atoms with Gasteiger partial charge in [-0.25, -0.2) is 4.98 Å². The summed E-state index contributed by atoms with van der Waals surface area (Å²) < 4.78 is 7.11. The Morgan fingerprint density at radius 1 is 1.27 bits per heavy atom. The van der Waals surface area contributed by atoms with Crippen molar-refractivity contribution in [3.63, 3.8) is 0 Å². The smallest absolute Gasteiger partial charge is 0.278 e. The summed E-state index contributed by atoms with van der Waals surface area (Å²) in [6.45, 7) is 1.34.